The standard InChI is InChI=1S/C25H31N3O6/c1-25(15-34-25)22(30)20(12-16-6-4-3-5-7-16)27-24(32)21(28-23(31)19(26)14-29)13-17-8-10-18(33-2)11-9-17/h3-11,19-21,29H,12-15,26H2,1-2H3,(H,27,32)(H,28,31)/t19-,20-,21-,25-/m0/s1. The van der Waals surface area contributed by atoms with E-state index in [1.807, 2.05) is 30.3 Å². The summed E-state index contributed by atoms with van der Waals surface area (Å²) in [7, 11) is 1.55. The molecule has 0 saturated carbocycles. The molecule has 2 amide bonds. The summed E-state index contributed by atoms with van der Waals surface area (Å²) in [5.74, 6) is -0.777. The van der Waals surface area contributed by atoms with Crippen molar-refractivity contribution < 1.29 is 29.0 Å². The van der Waals surface area contributed by atoms with Crippen LogP contribution in [0.15, 0.2) is 54.6 Å². The van der Waals surface area contributed by atoms with Crippen LogP contribution in [0, 0.1) is 0 Å². The van der Waals surface area contributed by atoms with Gasteiger partial charge in [-0.2, -0.15) is 0 Å². The summed E-state index contributed by atoms with van der Waals surface area (Å²) in [6.45, 7) is 1.42. The summed E-state index contributed by atoms with van der Waals surface area (Å²) in [6.07, 6.45) is 0.434. The zero-order valence-electron chi connectivity index (χ0n) is 19.3. The Labute approximate surface area is 198 Å². The quantitative estimate of drug-likeness (QED) is 0.324. The molecule has 0 radical (unpaired) electrons. The zero-order chi connectivity index (χ0) is 24.7. The Bertz CT molecular complexity index is 991. The van der Waals surface area contributed by atoms with Crippen molar-refractivity contribution in [1.29, 1.82) is 0 Å². The van der Waals surface area contributed by atoms with Crippen LogP contribution in [0.4, 0.5) is 0 Å². The van der Waals surface area contributed by atoms with Gasteiger partial charge >= 0.3 is 0 Å². The molecule has 1 aliphatic rings. The van der Waals surface area contributed by atoms with Crippen molar-refractivity contribution in [3.8, 4) is 5.75 Å². The fourth-order valence-corrected chi connectivity index (χ4v) is 3.52. The van der Waals surface area contributed by atoms with Crippen LogP contribution in [-0.4, -0.2) is 66.8 Å². The monoisotopic (exact) mass is 469 g/mol. The SMILES string of the molecule is COc1ccc(C[C@H](NC(=O)[C@@H](N)CO)C(=O)N[C@@H](Cc2ccccc2)C(=O)[C@]2(C)CO2)cc1. The first kappa shape index (κ1) is 25.4. The van der Waals surface area contributed by atoms with E-state index in [2.05, 4.69) is 10.6 Å². The molecule has 1 aliphatic heterocycles. The van der Waals surface area contributed by atoms with Crippen molar-refractivity contribution in [2.24, 2.45) is 5.73 Å². The lowest BCUT2D eigenvalue weighted by Gasteiger charge is -2.25. The van der Waals surface area contributed by atoms with Crippen molar-refractivity contribution in [2.75, 3.05) is 20.3 Å². The maximum atomic E-state index is 13.3. The maximum absolute atomic E-state index is 13.3. The molecule has 1 heterocycles. The molecule has 0 aliphatic carbocycles. The number of nitrogens with one attached hydrogen (secondary N) is 2. The number of rotatable bonds is 12. The van der Waals surface area contributed by atoms with Gasteiger partial charge in [0.15, 0.2) is 5.78 Å². The van der Waals surface area contributed by atoms with E-state index >= 15 is 0 Å². The number of amides is 2. The topological polar surface area (TPSA) is 143 Å². The Morgan fingerprint density at radius 2 is 1.56 bits per heavy atom. The van der Waals surface area contributed by atoms with Gasteiger partial charge in [0.1, 0.15) is 23.4 Å². The lowest BCUT2D eigenvalue weighted by molar-refractivity contribution is -0.133. The molecule has 1 saturated heterocycles. The van der Waals surface area contributed by atoms with E-state index in [1.165, 1.54) is 0 Å². The number of ether oxygens (including phenoxy) is 2. The van der Waals surface area contributed by atoms with Crippen molar-refractivity contribution in [1.82, 2.24) is 10.6 Å². The van der Waals surface area contributed by atoms with E-state index in [9.17, 15) is 19.5 Å². The number of epoxide rings is 1. The third-order valence-corrected chi connectivity index (χ3v) is 5.78. The number of hydrogen-bond donors (Lipinski definition) is 4. The second kappa shape index (κ2) is 11.2. The van der Waals surface area contributed by atoms with Gasteiger partial charge in [0.2, 0.25) is 11.8 Å². The van der Waals surface area contributed by atoms with Gasteiger partial charge in [-0.3, -0.25) is 14.4 Å². The Hall–Kier alpha value is -3.27. The predicted octanol–water partition coefficient (Wildman–Crippen LogP) is 0.128. The molecule has 0 unspecified atom stereocenters. The summed E-state index contributed by atoms with van der Waals surface area (Å²) in [5, 5.41) is 14.6. The predicted molar refractivity (Wildman–Crippen MR) is 125 cm³/mol. The van der Waals surface area contributed by atoms with Crippen LogP contribution in [0.2, 0.25) is 0 Å². The first-order chi connectivity index (χ1) is 16.3. The third kappa shape index (κ3) is 6.63. The third-order valence-electron chi connectivity index (χ3n) is 5.78. The van der Waals surface area contributed by atoms with Crippen LogP contribution in [0.3, 0.4) is 0 Å². The summed E-state index contributed by atoms with van der Waals surface area (Å²) in [4.78, 5) is 38.8. The number of ketones is 1. The van der Waals surface area contributed by atoms with Gasteiger partial charge in [-0.1, -0.05) is 42.5 Å². The number of carbonyl (C=O) groups is 3. The molecule has 34 heavy (non-hydrogen) atoms. The van der Waals surface area contributed by atoms with Gasteiger partial charge in [0.25, 0.3) is 0 Å². The Balaban J connectivity index is 1.80. The number of Topliss-reactive ketones (excluding diaryl/α,β-unsaturated/α-hetero) is 1. The lowest BCUT2D eigenvalue weighted by Crippen LogP contribution is -2.57. The Morgan fingerprint density at radius 3 is 2.12 bits per heavy atom. The summed E-state index contributed by atoms with van der Waals surface area (Å²) < 4.78 is 10.5. The first-order valence-electron chi connectivity index (χ1n) is 11.1. The minimum atomic E-state index is -1.17. The molecule has 5 N–H and O–H groups in total. The fraction of sp³-hybridized carbons (Fsp3) is 0.400. The van der Waals surface area contributed by atoms with E-state index in [4.69, 9.17) is 15.2 Å². The van der Waals surface area contributed by atoms with Crippen molar-refractivity contribution in [3.05, 3.63) is 65.7 Å². The minimum Gasteiger partial charge on any atom is -0.497 e. The molecular formula is C25H31N3O6. The van der Waals surface area contributed by atoms with Crippen molar-refractivity contribution in [3.63, 3.8) is 0 Å². The summed E-state index contributed by atoms with van der Waals surface area (Å²) in [5.41, 5.74) is 6.35. The maximum Gasteiger partial charge on any atom is 0.243 e. The molecular weight excluding hydrogens is 438 g/mol. The number of aliphatic hydroxyl groups excluding tert-OH is 1. The van der Waals surface area contributed by atoms with Crippen LogP contribution in [-0.2, 0) is 32.0 Å². The highest BCUT2D eigenvalue weighted by atomic mass is 16.6. The number of carbonyl (C=O) groups excluding carboxylic acids is 3. The van der Waals surface area contributed by atoms with E-state index < -0.39 is 42.1 Å². The smallest absolute Gasteiger partial charge is 0.243 e. The molecule has 0 spiro atoms. The van der Waals surface area contributed by atoms with E-state index in [0.29, 0.717) is 12.4 Å². The van der Waals surface area contributed by atoms with Crippen LogP contribution in [0.5, 0.6) is 5.75 Å². The van der Waals surface area contributed by atoms with Crippen LogP contribution < -0.4 is 21.1 Å². The molecule has 1 fully saturated rings. The highest BCUT2D eigenvalue weighted by Crippen LogP contribution is 2.29. The molecule has 9 nitrogen and oxygen atoms in total. The number of methoxy groups -OCH3 is 1. The lowest BCUT2D eigenvalue weighted by atomic mass is 9.94. The second-order valence-corrected chi connectivity index (χ2v) is 8.54. The minimum absolute atomic E-state index is 0.153. The average molecular weight is 470 g/mol. The molecule has 0 aromatic heterocycles. The Kier molecular flexibility index (Phi) is 8.38. The van der Waals surface area contributed by atoms with Gasteiger partial charge in [-0.15, -0.1) is 0 Å². The molecule has 4 atom stereocenters. The summed E-state index contributed by atoms with van der Waals surface area (Å²) in [6, 6.07) is 13.4. The fourth-order valence-electron chi connectivity index (χ4n) is 3.52. The van der Waals surface area contributed by atoms with Gasteiger partial charge in [0, 0.05) is 6.42 Å². The van der Waals surface area contributed by atoms with E-state index in [1.54, 1.807) is 38.3 Å². The van der Waals surface area contributed by atoms with E-state index in [-0.39, 0.29) is 18.6 Å². The molecule has 3 rings (SSSR count). The number of hydrogen-bond acceptors (Lipinski definition) is 7. The van der Waals surface area contributed by atoms with Crippen molar-refractivity contribution in [2.45, 2.75) is 43.5 Å². The van der Waals surface area contributed by atoms with Crippen LogP contribution in [0.25, 0.3) is 0 Å². The highest BCUT2D eigenvalue weighted by Gasteiger charge is 2.50. The number of nitrogens with two attached hydrogens (primary N) is 1. The second-order valence-electron chi connectivity index (χ2n) is 8.54. The molecule has 9 heteroatoms. The molecule has 182 valence electrons. The first-order valence-corrected chi connectivity index (χ1v) is 11.1. The van der Waals surface area contributed by atoms with Crippen molar-refractivity contribution >= 4 is 17.6 Å². The molecule has 2 aromatic carbocycles. The largest absolute Gasteiger partial charge is 0.497 e. The Morgan fingerprint density at radius 1 is 1.00 bits per heavy atom. The molecule has 2 aromatic rings. The van der Waals surface area contributed by atoms with Gasteiger partial charge in [-0.05, 0) is 36.6 Å². The normalized spacial score (nSPS) is 19.4. The average Bonchev–Trinajstić information content (AvgIpc) is 3.61. The van der Waals surface area contributed by atoms with E-state index in [0.717, 1.165) is 11.1 Å². The van der Waals surface area contributed by atoms with Gasteiger partial charge in [0.05, 0.1) is 26.4 Å². The molecule has 0 bridgehead atoms. The summed E-state index contributed by atoms with van der Waals surface area (Å²) >= 11 is 0. The van der Waals surface area contributed by atoms with Crippen LogP contribution in [0.1, 0.15) is 18.1 Å². The van der Waals surface area contributed by atoms with Gasteiger partial charge < -0.3 is 30.9 Å². The number of benzene rings is 2. The van der Waals surface area contributed by atoms with Crippen LogP contribution >= 0.6 is 0 Å². The van der Waals surface area contributed by atoms with Gasteiger partial charge in [-0.25, -0.2) is 0 Å². The zero-order valence-corrected chi connectivity index (χ0v) is 19.3. The highest BCUT2D eigenvalue weighted by molar-refractivity contribution is 5.98. The number of aliphatic hydroxyl groups is 1.